The van der Waals surface area contributed by atoms with Crippen LogP contribution < -0.4 is 0 Å². The molecule has 4 nitrogen and oxygen atoms in total. The minimum atomic E-state index is 0.570. The maximum absolute atomic E-state index is 9.21. The second-order valence-corrected chi connectivity index (χ2v) is 7.87. The van der Waals surface area contributed by atoms with Crippen molar-refractivity contribution in [3.63, 3.8) is 0 Å². The summed E-state index contributed by atoms with van der Waals surface area (Å²) in [5, 5.41) is 11.7. The number of rotatable bonds is 3. The molecular formula is C29H18N4. The van der Waals surface area contributed by atoms with Crippen molar-refractivity contribution in [3.05, 3.63) is 115 Å². The number of hydrogen-bond donors (Lipinski definition) is 0. The summed E-state index contributed by atoms with van der Waals surface area (Å²) in [6.45, 7) is 0. The molecule has 0 radical (unpaired) electrons. The van der Waals surface area contributed by atoms with E-state index in [9.17, 15) is 5.26 Å². The molecule has 4 heteroatoms. The van der Waals surface area contributed by atoms with Crippen LogP contribution in [0.25, 0.3) is 50.1 Å². The highest BCUT2D eigenvalue weighted by Gasteiger charge is 2.12. The van der Waals surface area contributed by atoms with Crippen molar-refractivity contribution in [2.24, 2.45) is 0 Å². The van der Waals surface area contributed by atoms with E-state index in [4.69, 9.17) is 4.98 Å². The normalized spacial score (nSPS) is 11.0. The molecule has 6 rings (SSSR count). The van der Waals surface area contributed by atoms with Gasteiger partial charge in [-0.25, -0.2) is 4.98 Å². The Hall–Kier alpha value is -4.75. The number of nitrogens with zero attached hydrogens (tertiary/aromatic N) is 4. The molecule has 0 saturated heterocycles. The van der Waals surface area contributed by atoms with E-state index in [0.717, 1.165) is 22.6 Å². The molecule has 6 aromatic rings. The van der Waals surface area contributed by atoms with Crippen molar-refractivity contribution in [3.8, 4) is 34.4 Å². The third-order valence-corrected chi connectivity index (χ3v) is 5.88. The number of aromatic nitrogens is 3. The Morgan fingerprint density at radius 1 is 0.636 bits per heavy atom. The summed E-state index contributed by atoms with van der Waals surface area (Å²) < 4.78 is 2.30. The van der Waals surface area contributed by atoms with Crippen molar-refractivity contribution in [2.45, 2.75) is 0 Å². The van der Waals surface area contributed by atoms with Crippen molar-refractivity contribution in [1.82, 2.24) is 14.5 Å². The molecule has 3 heterocycles. The number of pyridine rings is 2. The van der Waals surface area contributed by atoms with E-state index >= 15 is 0 Å². The molecule has 0 amide bonds. The number of benzene rings is 3. The fourth-order valence-electron chi connectivity index (χ4n) is 4.38. The van der Waals surface area contributed by atoms with Gasteiger partial charge in [-0.3, -0.25) is 4.98 Å². The summed E-state index contributed by atoms with van der Waals surface area (Å²) in [5.41, 5.74) is 7.32. The zero-order chi connectivity index (χ0) is 22.2. The van der Waals surface area contributed by atoms with Gasteiger partial charge in [-0.15, -0.1) is 0 Å². The lowest BCUT2D eigenvalue weighted by Crippen LogP contribution is -1.95. The van der Waals surface area contributed by atoms with Gasteiger partial charge in [0.1, 0.15) is 0 Å². The highest BCUT2D eigenvalue weighted by molar-refractivity contribution is 6.09. The van der Waals surface area contributed by atoms with E-state index in [1.807, 2.05) is 18.2 Å². The van der Waals surface area contributed by atoms with Gasteiger partial charge in [0, 0.05) is 28.2 Å². The maximum Gasteiger partial charge on any atom is 0.0992 e. The largest absolute Gasteiger partial charge is 0.309 e. The fraction of sp³-hybridized carbons (Fsp3) is 0. The molecule has 0 N–H and O–H groups in total. The van der Waals surface area contributed by atoms with Crippen LogP contribution in [-0.2, 0) is 0 Å². The SMILES string of the molecule is N#Cc1ccnc(-c2cccc(-c3cccc(-n4c5ccccc5c5ccccc54)c3)n2)c1. The molecule has 3 aromatic heterocycles. The molecule has 0 aliphatic carbocycles. The van der Waals surface area contributed by atoms with Crippen molar-refractivity contribution >= 4 is 21.8 Å². The van der Waals surface area contributed by atoms with Gasteiger partial charge < -0.3 is 4.57 Å². The Labute approximate surface area is 191 Å². The Bertz CT molecular complexity index is 1630. The first-order chi connectivity index (χ1) is 16.3. The van der Waals surface area contributed by atoms with E-state index in [1.54, 1.807) is 18.3 Å². The quantitative estimate of drug-likeness (QED) is 0.316. The summed E-state index contributed by atoms with van der Waals surface area (Å²) in [6, 6.07) is 37.0. The lowest BCUT2D eigenvalue weighted by atomic mass is 10.1. The average Bonchev–Trinajstić information content (AvgIpc) is 3.23. The molecule has 0 unspecified atom stereocenters. The van der Waals surface area contributed by atoms with Gasteiger partial charge in [-0.2, -0.15) is 5.26 Å². The van der Waals surface area contributed by atoms with Gasteiger partial charge in [0.2, 0.25) is 0 Å². The van der Waals surface area contributed by atoms with Crippen LogP contribution in [0.1, 0.15) is 5.56 Å². The second-order valence-electron chi connectivity index (χ2n) is 7.87. The van der Waals surface area contributed by atoms with Crippen LogP contribution in [0.2, 0.25) is 0 Å². The van der Waals surface area contributed by atoms with Gasteiger partial charge in [-0.05, 0) is 48.5 Å². The summed E-state index contributed by atoms with van der Waals surface area (Å²) in [6.07, 6.45) is 1.64. The van der Waals surface area contributed by atoms with E-state index < -0.39 is 0 Å². The van der Waals surface area contributed by atoms with Gasteiger partial charge >= 0.3 is 0 Å². The Kier molecular flexibility index (Phi) is 4.45. The summed E-state index contributed by atoms with van der Waals surface area (Å²) in [5.74, 6) is 0. The van der Waals surface area contributed by atoms with Crippen LogP contribution in [0.3, 0.4) is 0 Å². The molecule has 154 valence electrons. The summed E-state index contributed by atoms with van der Waals surface area (Å²) >= 11 is 0. The molecule has 0 aliphatic heterocycles. The third-order valence-electron chi connectivity index (χ3n) is 5.88. The van der Waals surface area contributed by atoms with Crippen LogP contribution in [0.4, 0.5) is 0 Å². The number of hydrogen-bond acceptors (Lipinski definition) is 3. The minimum Gasteiger partial charge on any atom is -0.309 e. The first-order valence-electron chi connectivity index (χ1n) is 10.7. The van der Waals surface area contributed by atoms with Crippen LogP contribution in [0.15, 0.2) is 109 Å². The van der Waals surface area contributed by atoms with Gasteiger partial charge in [0.15, 0.2) is 0 Å². The highest BCUT2D eigenvalue weighted by atomic mass is 15.0. The van der Waals surface area contributed by atoms with Crippen molar-refractivity contribution in [2.75, 3.05) is 0 Å². The van der Waals surface area contributed by atoms with E-state index in [0.29, 0.717) is 11.3 Å². The molecule has 3 aromatic carbocycles. The molecule has 0 bridgehead atoms. The third kappa shape index (κ3) is 3.24. The standard InChI is InChI=1S/C29H18N4/c30-19-20-15-16-31-27(17-20)26-12-6-11-25(32-26)21-7-5-8-22(18-21)33-28-13-3-1-9-23(28)24-10-2-4-14-29(24)33/h1-18H. The zero-order valence-electron chi connectivity index (χ0n) is 17.7. The monoisotopic (exact) mass is 422 g/mol. The second kappa shape index (κ2) is 7.74. The molecule has 0 aliphatic rings. The fourth-order valence-corrected chi connectivity index (χ4v) is 4.38. The minimum absolute atomic E-state index is 0.570. The predicted molar refractivity (Wildman–Crippen MR) is 132 cm³/mol. The maximum atomic E-state index is 9.21. The predicted octanol–water partition coefficient (Wildman–Crippen LogP) is 6.78. The molecular weight excluding hydrogens is 404 g/mol. The summed E-state index contributed by atoms with van der Waals surface area (Å²) in [4.78, 5) is 9.26. The topological polar surface area (TPSA) is 54.5 Å². The first kappa shape index (κ1) is 19.0. The Morgan fingerprint density at radius 2 is 1.33 bits per heavy atom. The molecule has 0 atom stereocenters. The lowest BCUT2D eigenvalue weighted by Gasteiger charge is -2.10. The average molecular weight is 422 g/mol. The highest BCUT2D eigenvalue weighted by Crippen LogP contribution is 2.33. The van der Waals surface area contributed by atoms with Gasteiger partial charge in [0.05, 0.1) is 39.7 Å². The number of para-hydroxylation sites is 2. The van der Waals surface area contributed by atoms with Crippen LogP contribution in [0, 0.1) is 11.3 Å². The number of nitriles is 1. The lowest BCUT2D eigenvalue weighted by molar-refractivity contribution is 1.18. The van der Waals surface area contributed by atoms with Gasteiger partial charge in [-0.1, -0.05) is 54.6 Å². The van der Waals surface area contributed by atoms with E-state index in [-0.39, 0.29) is 0 Å². The smallest absolute Gasteiger partial charge is 0.0992 e. The number of fused-ring (bicyclic) bond motifs is 3. The molecule has 33 heavy (non-hydrogen) atoms. The first-order valence-corrected chi connectivity index (χ1v) is 10.7. The van der Waals surface area contributed by atoms with Crippen molar-refractivity contribution < 1.29 is 0 Å². The van der Waals surface area contributed by atoms with Crippen LogP contribution in [0.5, 0.6) is 0 Å². The van der Waals surface area contributed by atoms with Crippen LogP contribution in [-0.4, -0.2) is 14.5 Å². The van der Waals surface area contributed by atoms with Gasteiger partial charge in [0.25, 0.3) is 0 Å². The Morgan fingerprint density at radius 3 is 2.09 bits per heavy atom. The molecule has 0 fully saturated rings. The Balaban J connectivity index is 1.50. The zero-order valence-corrected chi connectivity index (χ0v) is 17.7. The van der Waals surface area contributed by atoms with Crippen LogP contribution >= 0.6 is 0 Å². The molecule has 0 spiro atoms. The van der Waals surface area contributed by atoms with E-state index in [1.165, 1.54) is 21.8 Å². The molecule has 0 saturated carbocycles. The van der Waals surface area contributed by atoms with Crippen molar-refractivity contribution in [1.29, 1.82) is 5.26 Å². The summed E-state index contributed by atoms with van der Waals surface area (Å²) in [7, 11) is 0. The van der Waals surface area contributed by atoms with E-state index in [2.05, 4.69) is 88.4 Å².